The zero-order valence-electron chi connectivity index (χ0n) is 22.3. The van der Waals surface area contributed by atoms with E-state index in [2.05, 4.69) is 72.8 Å². The molecule has 0 fully saturated rings. The van der Waals surface area contributed by atoms with Crippen LogP contribution in [0.25, 0.3) is 21.5 Å². The molecule has 6 rings (SSSR count). The summed E-state index contributed by atoms with van der Waals surface area (Å²) in [6, 6.07) is 49.9. The van der Waals surface area contributed by atoms with Crippen molar-refractivity contribution in [1.82, 2.24) is 0 Å². The van der Waals surface area contributed by atoms with E-state index in [4.69, 9.17) is 9.47 Å². The Morgan fingerprint density at radius 2 is 0.897 bits per heavy atom. The van der Waals surface area contributed by atoms with Crippen LogP contribution >= 0.6 is 0 Å². The van der Waals surface area contributed by atoms with Gasteiger partial charge in [0.15, 0.2) is 0 Å². The van der Waals surface area contributed by atoms with Crippen molar-refractivity contribution < 1.29 is 9.47 Å². The second kappa shape index (κ2) is 11.8. The molecule has 0 saturated heterocycles. The molecule has 0 N–H and O–H groups in total. The zero-order chi connectivity index (χ0) is 26.3. The van der Waals surface area contributed by atoms with E-state index < -0.39 is 8.07 Å². The van der Waals surface area contributed by atoms with Crippen molar-refractivity contribution in [2.24, 2.45) is 0 Å². The summed E-state index contributed by atoms with van der Waals surface area (Å²) in [5.41, 5.74) is 0. The monoisotopic (exact) mass is 526 g/mol. The van der Waals surface area contributed by atoms with Crippen LogP contribution in [0, 0.1) is 0 Å². The van der Waals surface area contributed by atoms with Gasteiger partial charge in [0, 0.05) is 8.07 Å². The molecule has 0 spiro atoms. The van der Waals surface area contributed by atoms with Crippen molar-refractivity contribution >= 4 is 40.0 Å². The van der Waals surface area contributed by atoms with Gasteiger partial charge in [-0.2, -0.15) is 12.1 Å². The van der Waals surface area contributed by atoms with Crippen molar-refractivity contribution in [3.63, 3.8) is 0 Å². The molecule has 2 nitrogen and oxygen atoms in total. The number of ether oxygens (including phenoxy) is 2. The first-order valence-corrected chi connectivity index (χ1v) is 16.4. The van der Waals surface area contributed by atoms with E-state index in [1.54, 1.807) is 10.4 Å². The Balaban J connectivity index is 1.36. The SMILES string of the molecule is c1ccc(OCCC[Si](CCCOc2ccccc2)(c2cc[c-]3ccccc23)c2cc[c-]3ccccc23)cc1. The molecule has 0 unspecified atom stereocenters. The normalized spacial score (nSPS) is 11.7. The predicted octanol–water partition coefficient (Wildman–Crippen LogP) is 7.93. The Kier molecular flexibility index (Phi) is 7.60. The molecule has 0 heterocycles. The standard InChI is InChI=1S/C36H34O2Si/c1-3-15-31(16-4-1)37-25-11-27-39(28-12-26-38-32-17-5-2-6-18-32,35-23-21-29-13-7-9-19-33(29)35)36-24-22-30-14-8-10-20-34(30)36/h1-10,13-24H,11-12,25-28H2/q-2. The van der Waals surface area contributed by atoms with Gasteiger partial charge in [-0.25, -0.2) is 0 Å². The first-order chi connectivity index (χ1) is 19.3. The highest BCUT2D eigenvalue weighted by Gasteiger charge is 2.32. The van der Waals surface area contributed by atoms with Gasteiger partial charge in [-0.3, -0.25) is 0 Å². The van der Waals surface area contributed by atoms with E-state index in [1.807, 2.05) is 60.7 Å². The molecule has 6 aromatic rings. The van der Waals surface area contributed by atoms with E-state index in [0.717, 1.165) is 49.6 Å². The lowest BCUT2D eigenvalue weighted by atomic mass is 10.2. The molecular formula is C36H34O2Si-2. The van der Waals surface area contributed by atoms with Crippen molar-refractivity contribution in [2.45, 2.75) is 24.9 Å². The van der Waals surface area contributed by atoms with E-state index in [0.29, 0.717) is 0 Å². The lowest BCUT2D eigenvalue weighted by Crippen LogP contribution is -2.58. The summed E-state index contributed by atoms with van der Waals surface area (Å²) >= 11 is 0. The molecule has 0 radical (unpaired) electrons. The largest absolute Gasteiger partial charge is 0.494 e. The average molecular weight is 527 g/mol. The van der Waals surface area contributed by atoms with Gasteiger partial charge >= 0.3 is 0 Å². The smallest absolute Gasteiger partial charge is 0.119 e. The van der Waals surface area contributed by atoms with Crippen LogP contribution in [0.2, 0.25) is 12.1 Å². The minimum Gasteiger partial charge on any atom is -0.494 e. The Morgan fingerprint density at radius 1 is 0.462 bits per heavy atom. The maximum absolute atomic E-state index is 6.19. The Bertz CT molecular complexity index is 1490. The molecule has 39 heavy (non-hydrogen) atoms. The second-order valence-electron chi connectivity index (χ2n) is 10.3. The summed E-state index contributed by atoms with van der Waals surface area (Å²) in [5, 5.41) is 8.58. The summed E-state index contributed by atoms with van der Waals surface area (Å²) in [5.74, 6) is 1.89. The van der Waals surface area contributed by atoms with Gasteiger partial charge in [-0.15, -0.1) is 81.8 Å². The van der Waals surface area contributed by atoms with Crippen molar-refractivity contribution in [3.05, 3.63) is 133 Å². The van der Waals surface area contributed by atoms with Crippen LogP contribution in [0.5, 0.6) is 11.5 Å². The number of hydrogen-bond donors (Lipinski definition) is 0. The van der Waals surface area contributed by atoms with Gasteiger partial charge in [-0.1, -0.05) is 59.3 Å². The number of rotatable bonds is 12. The molecule has 0 aliphatic heterocycles. The molecule has 0 aromatic heterocycles. The molecule has 0 amide bonds. The van der Waals surface area contributed by atoms with Crippen LogP contribution in [0.1, 0.15) is 12.8 Å². The Hall–Kier alpha value is -4.08. The Labute approximate surface area is 232 Å². The van der Waals surface area contributed by atoms with Crippen molar-refractivity contribution in [1.29, 1.82) is 0 Å². The van der Waals surface area contributed by atoms with Crippen LogP contribution in [-0.2, 0) is 0 Å². The average Bonchev–Trinajstić information content (AvgIpc) is 3.63. The molecular weight excluding hydrogens is 492 g/mol. The fraction of sp³-hybridized carbons (Fsp3) is 0.167. The number of benzene rings is 4. The van der Waals surface area contributed by atoms with Crippen molar-refractivity contribution in [3.8, 4) is 11.5 Å². The quantitative estimate of drug-likeness (QED) is 0.0916. The topological polar surface area (TPSA) is 18.5 Å². The van der Waals surface area contributed by atoms with Crippen LogP contribution in [0.15, 0.2) is 133 Å². The third kappa shape index (κ3) is 5.41. The van der Waals surface area contributed by atoms with Gasteiger partial charge < -0.3 is 9.47 Å². The molecule has 196 valence electrons. The molecule has 6 aromatic carbocycles. The van der Waals surface area contributed by atoms with Crippen LogP contribution in [0.3, 0.4) is 0 Å². The molecule has 0 aliphatic carbocycles. The van der Waals surface area contributed by atoms with Crippen LogP contribution < -0.4 is 19.8 Å². The lowest BCUT2D eigenvalue weighted by Gasteiger charge is -2.40. The predicted molar refractivity (Wildman–Crippen MR) is 167 cm³/mol. The molecule has 0 atom stereocenters. The third-order valence-electron chi connectivity index (χ3n) is 7.91. The van der Waals surface area contributed by atoms with Gasteiger partial charge in [0.2, 0.25) is 0 Å². The first kappa shape index (κ1) is 25.2. The molecule has 0 bridgehead atoms. The zero-order valence-corrected chi connectivity index (χ0v) is 23.3. The minimum absolute atomic E-state index is 0.719. The first-order valence-electron chi connectivity index (χ1n) is 14.0. The molecule has 3 heteroatoms. The van der Waals surface area contributed by atoms with Crippen LogP contribution in [0.4, 0.5) is 0 Å². The van der Waals surface area contributed by atoms with E-state index in [-0.39, 0.29) is 0 Å². The van der Waals surface area contributed by atoms with Gasteiger partial charge in [0.1, 0.15) is 11.5 Å². The fourth-order valence-corrected chi connectivity index (χ4v) is 11.5. The number of para-hydroxylation sites is 2. The van der Waals surface area contributed by atoms with Gasteiger partial charge in [0.25, 0.3) is 0 Å². The highest BCUT2D eigenvalue weighted by Crippen LogP contribution is 2.29. The van der Waals surface area contributed by atoms with Gasteiger partial charge in [0.05, 0.1) is 13.2 Å². The summed E-state index contributed by atoms with van der Waals surface area (Å²) in [7, 11) is -2.21. The number of fused-ring (bicyclic) bond motifs is 2. The maximum atomic E-state index is 6.19. The van der Waals surface area contributed by atoms with Gasteiger partial charge in [-0.05, 0) is 37.1 Å². The summed E-state index contributed by atoms with van der Waals surface area (Å²) in [6.45, 7) is 1.44. The van der Waals surface area contributed by atoms with Crippen LogP contribution in [-0.4, -0.2) is 21.3 Å². The highest BCUT2D eigenvalue weighted by molar-refractivity contribution is 7.04. The maximum Gasteiger partial charge on any atom is 0.119 e. The number of hydrogen-bond acceptors (Lipinski definition) is 2. The van der Waals surface area contributed by atoms with E-state index in [1.165, 1.54) is 21.5 Å². The highest BCUT2D eigenvalue weighted by atomic mass is 28.3. The molecule has 0 saturated carbocycles. The van der Waals surface area contributed by atoms with Crippen molar-refractivity contribution in [2.75, 3.05) is 13.2 Å². The Morgan fingerprint density at radius 3 is 1.36 bits per heavy atom. The lowest BCUT2D eigenvalue weighted by molar-refractivity contribution is 0.314. The van der Waals surface area contributed by atoms with E-state index >= 15 is 0 Å². The summed E-state index contributed by atoms with van der Waals surface area (Å²) in [4.78, 5) is 0. The summed E-state index contributed by atoms with van der Waals surface area (Å²) < 4.78 is 12.4. The van der Waals surface area contributed by atoms with E-state index in [9.17, 15) is 0 Å². The molecule has 0 aliphatic rings. The minimum atomic E-state index is -2.21. The second-order valence-corrected chi connectivity index (χ2v) is 14.5. The third-order valence-corrected chi connectivity index (χ3v) is 13.3. The fourth-order valence-electron chi connectivity index (χ4n) is 6.11. The summed E-state index contributed by atoms with van der Waals surface area (Å²) in [6.07, 6.45) is 2.03.